The summed E-state index contributed by atoms with van der Waals surface area (Å²) in [7, 11) is 0. The Morgan fingerprint density at radius 3 is 2.39 bits per heavy atom. The van der Waals surface area contributed by atoms with Gasteiger partial charge in [-0.3, -0.25) is 0 Å². The first-order chi connectivity index (χ1) is 15.0. The van der Waals surface area contributed by atoms with Crippen molar-refractivity contribution in [1.82, 2.24) is 14.5 Å². The minimum atomic E-state index is -0.301. The highest BCUT2D eigenvalue weighted by Crippen LogP contribution is 2.24. The molecule has 0 radical (unpaired) electrons. The maximum absolute atomic E-state index is 12.3. The van der Waals surface area contributed by atoms with Crippen LogP contribution in [0.15, 0.2) is 73.1 Å². The van der Waals surface area contributed by atoms with E-state index in [0.717, 1.165) is 22.6 Å². The second-order valence-corrected chi connectivity index (χ2v) is 7.15. The maximum Gasteiger partial charge on any atom is 0.323 e. The summed E-state index contributed by atoms with van der Waals surface area (Å²) in [6.45, 7) is 5.81. The van der Waals surface area contributed by atoms with Crippen molar-refractivity contribution in [3.63, 3.8) is 0 Å². The summed E-state index contributed by atoms with van der Waals surface area (Å²) in [4.78, 5) is 21.1. The number of urea groups is 1. The van der Waals surface area contributed by atoms with E-state index in [1.807, 2.05) is 68.1 Å². The molecule has 2 heterocycles. The summed E-state index contributed by atoms with van der Waals surface area (Å²) in [5.74, 6) is 2.40. The van der Waals surface area contributed by atoms with Gasteiger partial charge in [0.1, 0.15) is 17.4 Å². The number of ether oxygens (including phenoxy) is 1. The molecule has 4 rings (SSSR count). The van der Waals surface area contributed by atoms with E-state index in [1.54, 1.807) is 30.3 Å². The number of rotatable bonds is 5. The van der Waals surface area contributed by atoms with Crippen LogP contribution >= 0.6 is 0 Å². The Balaban J connectivity index is 1.42. The van der Waals surface area contributed by atoms with Gasteiger partial charge in [0.15, 0.2) is 0 Å². The first-order valence-electron chi connectivity index (χ1n) is 9.89. The molecule has 0 aliphatic rings. The lowest BCUT2D eigenvalue weighted by molar-refractivity contribution is 0.262. The SMILES string of the molecule is Cc1nc(Oc2ccc(NC(=O)Nc3cccc(C)c3C)cc2)cc(-n2cccc2)n1. The van der Waals surface area contributed by atoms with Gasteiger partial charge in [-0.2, -0.15) is 4.98 Å². The lowest BCUT2D eigenvalue weighted by atomic mass is 10.1. The molecule has 0 fully saturated rings. The summed E-state index contributed by atoms with van der Waals surface area (Å²) in [5.41, 5.74) is 3.61. The predicted molar refractivity (Wildman–Crippen MR) is 121 cm³/mol. The Kier molecular flexibility index (Phi) is 5.66. The number of hydrogen-bond donors (Lipinski definition) is 2. The van der Waals surface area contributed by atoms with E-state index in [9.17, 15) is 4.79 Å². The average molecular weight is 413 g/mol. The number of nitrogens with one attached hydrogen (secondary N) is 2. The Morgan fingerprint density at radius 1 is 0.903 bits per heavy atom. The summed E-state index contributed by atoms with van der Waals surface area (Å²) in [5, 5.41) is 5.71. The van der Waals surface area contributed by atoms with Gasteiger partial charge in [0.2, 0.25) is 5.88 Å². The van der Waals surface area contributed by atoms with Crippen LogP contribution in [-0.2, 0) is 0 Å². The highest BCUT2D eigenvalue weighted by molar-refractivity contribution is 6.00. The van der Waals surface area contributed by atoms with Crippen molar-refractivity contribution in [3.05, 3.63) is 90.0 Å². The van der Waals surface area contributed by atoms with Crippen LogP contribution in [0.4, 0.5) is 16.2 Å². The van der Waals surface area contributed by atoms with Crippen molar-refractivity contribution in [1.29, 1.82) is 0 Å². The van der Waals surface area contributed by atoms with Gasteiger partial charge in [-0.05, 0) is 74.4 Å². The smallest absolute Gasteiger partial charge is 0.323 e. The largest absolute Gasteiger partial charge is 0.439 e. The minimum absolute atomic E-state index is 0.301. The first-order valence-corrected chi connectivity index (χ1v) is 9.89. The van der Waals surface area contributed by atoms with E-state index >= 15 is 0 Å². The van der Waals surface area contributed by atoms with E-state index in [-0.39, 0.29) is 6.03 Å². The number of aryl methyl sites for hydroxylation is 2. The van der Waals surface area contributed by atoms with Crippen LogP contribution < -0.4 is 15.4 Å². The molecule has 0 saturated heterocycles. The lowest BCUT2D eigenvalue weighted by Gasteiger charge is -2.12. The number of aromatic nitrogens is 3. The van der Waals surface area contributed by atoms with Crippen molar-refractivity contribution in [2.45, 2.75) is 20.8 Å². The number of amides is 2. The van der Waals surface area contributed by atoms with Crippen molar-refractivity contribution in [2.24, 2.45) is 0 Å². The Hall–Kier alpha value is -4.13. The molecule has 31 heavy (non-hydrogen) atoms. The summed E-state index contributed by atoms with van der Waals surface area (Å²) in [6, 6.07) is 18.3. The van der Waals surface area contributed by atoms with Crippen LogP contribution in [0.25, 0.3) is 5.82 Å². The Labute approximate surface area is 180 Å². The molecule has 0 aliphatic heterocycles. The molecule has 156 valence electrons. The number of nitrogens with zero attached hydrogens (tertiary/aromatic N) is 3. The van der Waals surface area contributed by atoms with Gasteiger partial charge in [0.25, 0.3) is 0 Å². The van der Waals surface area contributed by atoms with Crippen LogP contribution in [0.3, 0.4) is 0 Å². The highest BCUT2D eigenvalue weighted by atomic mass is 16.5. The quantitative estimate of drug-likeness (QED) is 0.444. The molecule has 7 heteroatoms. The molecule has 2 aromatic carbocycles. The fraction of sp³-hybridized carbons (Fsp3) is 0.125. The van der Waals surface area contributed by atoms with Gasteiger partial charge in [0, 0.05) is 29.8 Å². The molecule has 0 bridgehead atoms. The normalized spacial score (nSPS) is 10.5. The van der Waals surface area contributed by atoms with Crippen LogP contribution in [-0.4, -0.2) is 20.6 Å². The molecule has 0 aliphatic carbocycles. The van der Waals surface area contributed by atoms with Gasteiger partial charge in [0.05, 0.1) is 0 Å². The van der Waals surface area contributed by atoms with Crippen LogP contribution in [0.5, 0.6) is 11.6 Å². The first kappa shape index (κ1) is 20.2. The molecular weight excluding hydrogens is 390 g/mol. The van der Waals surface area contributed by atoms with Crippen molar-refractivity contribution in [3.8, 4) is 17.4 Å². The summed E-state index contributed by atoms with van der Waals surface area (Å²) in [6.07, 6.45) is 3.82. The molecule has 2 N–H and O–H groups in total. The number of hydrogen-bond acceptors (Lipinski definition) is 4. The third-order valence-corrected chi connectivity index (χ3v) is 4.86. The maximum atomic E-state index is 12.3. The average Bonchev–Trinajstić information content (AvgIpc) is 3.27. The van der Waals surface area contributed by atoms with E-state index < -0.39 is 0 Å². The van der Waals surface area contributed by atoms with Crippen molar-refractivity contribution in [2.75, 3.05) is 10.6 Å². The molecule has 0 unspecified atom stereocenters. The fourth-order valence-corrected chi connectivity index (χ4v) is 3.10. The highest BCUT2D eigenvalue weighted by Gasteiger charge is 2.08. The zero-order chi connectivity index (χ0) is 21.8. The molecule has 2 aromatic heterocycles. The number of anilines is 2. The number of carbonyl (C=O) groups is 1. The fourth-order valence-electron chi connectivity index (χ4n) is 3.10. The second kappa shape index (κ2) is 8.71. The van der Waals surface area contributed by atoms with Gasteiger partial charge in [-0.25, -0.2) is 9.78 Å². The Bertz CT molecular complexity index is 1200. The molecule has 4 aromatic rings. The van der Waals surface area contributed by atoms with Crippen molar-refractivity contribution >= 4 is 17.4 Å². The zero-order valence-corrected chi connectivity index (χ0v) is 17.6. The second-order valence-electron chi connectivity index (χ2n) is 7.15. The molecule has 0 saturated carbocycles. The van der Waals surface area contributed by atoms with Gasteiger partial charge < -0.3 is 19.9 Å². The van der Waals surface area contributed by atoms with E-state index in [4.69, 9.17) is 4.74 Å². The van der Waals surface area contributed by atoms with Crippen LogP contribution in [0.2, 0.25) is 0 Å². The lowest BCUT2D eigenvalue weighted by Crippen LogP contribution is -2.20. The third kappa shape index (κ3) is 4.90. The Morgan fingerprint density at radius 2 is 1.65 bits per heavy atom. The molecule has 0 atom stereocenters. The van der Waals surface area contributed by atoms with Crippen molar-refractivity contribution < 1.29 is 9.53 Å². The monoisotopic (exact) mass is 413 g/mol. The summed E-state index contributed by atoms with van der Waals surface area (Å²) < 4.78 is 7.78. The topological polar surface area (TPSA) is 81.1 Å². The molecular formula is C24H23N5O2. The third-order valence-electron chi connectivity index (χ3n) is 4.86. The summed E-state index contributed by atoms with van der Waals surface area (Å²) >= 11 is 0. The van der Waals surface area contributed by atoms with Gasteiger partial charge in [-0.15, -0.1) is 0 Å². The molecule has 2 amide bonds. The van der Waals surface area contributed by atoms with Gasteiger partial charge in [-0.1, -0.05) is 12.1 Å². The van der Waals surface area contributed by atoms with E-state index in [1.165, 1.54) is 0 Å². The number of carbonyl (C=O) groups excluding carboxylic acids is 1. The molecule has 7 nitrogen and oxygen atoms in total. The number of benzene rings is 2. The zero-order valence-electron chi connectivity index (χ0n) is 17.6. The van der Waals surface area contributed by atoms with Crippen LogP contribution in [0, 0.1) is 20.8 Å². The van der Waals surface area contributed by atoms with Gasteiger partial charge >= 0.3 is 6.03 Å². The van der Waals surface area contributed by atoms with Crippen LogP contribution in [0.1, 0.15) is 17.0 Å². The van der Waals surface area contributed by atoms with E-state index in [0.29, 0.717) is 23.1 Å². The molecule has 0 spiro atoms. The standard InChI is InChI=1S/C24H23N5O2/c1-16-7-6-8-21(17(16)2)28-24(30)27-19-9-11-20(12-10-19)31-23-15-22(25-18(3)26-23)29-13-4-5-14-29/h4-15H,1-3H3,(H2,27,28,30). The van der Waals surface area contributed by atoms with E-state index in [2.05, 4.69) is 20.6 Å². The minimum Gasteiger partial charge on any atom is -0.439 e. The predicted octanol–water partition coefficient (Wildman–Crippen LogP) is 5.63.